The molecule has 6 rings (SSSR count). The zero-order valence-electron chi connectivity index (χ0n) is 18.1. The second-order valence-electron chi connectivity index (χ2n) is 8.50. The predicted octanol–water partition coefficient (Wildman–Crippen LogP) is 6.61. The first-order valence-electron chi connectivity index (χ1n) is 11.2. The van der Waals surface area contributed by atoms with Crippen molar-refractivity contribution in [3.8, 4) is 0 Å². The maximum absolute atomic E-state index is 7.00. The van der Waals surface area contributed by atoms with Crippen LogP contribution < -0.4 is 5.73 Å². The Morgan fingerprint density at radius 3 is 2.36 bits per heavy atom. The number of rotatable bonds is 4. The maximum atomic E-state index is 7.00. The first kappa shape index (κ1) is 19.4. The van der Waals surface area contributed by atoms with Gasteiger partial charge in [0.05, 0.1) is 0 Å². The van der Waals surface area contributed by atoms with Crippen LogP contribution in [0.15, 0.2) is 89.2 Å². The average molecular weight is 430 g/mol. The molecule has 1 heterocycles. The number of nitrogens with two attached hydrogens (primary N) is 1. The highest BCUT2D eigenvalue weighted by Gasteiger charge is 2.20. The number of amidine groups is 1. The van der Waals surface area contributed by atoms with Crippen molar-refractivity contribution in [2.45, 2.75) is 19.4 Å². The topological polar surface area (TPSA) is 79.5 Å². The molecule has 0 bridgehead atoms. The highest BCUT2D eigenvalue weighted by molar-refractivity contribution is 6.04. The number of aromatic nitrogens is 1. The molecule has 3 N–H and O–H groups in total. The zero-order chi connectivity index (χ0) is 22.4. The van der Waals surface area contributed by atoms with Crippen LogP contribution in [0.25, 0.3) is 38.5 Å². The van der Waals surface area contributed by atoms with Crippen molar-refractivity contribution in [3.05, 3.63) is 101 Å². The molecule has 0 spiro atoms. The van der Waals surface area contributed by atoms with E-state index in [-0.39, 0.29) is 5.84 Å². The molecule has 0 unspecified atom stereocenters. The summed E-state index contributed by atoms with van der Waals surface area (Å²) in [5.74, 6) is 0.258. The third kappa shape index (κ3) is 3.12. The summed E-state index contributed by atoms with van der Waals surface area (Å²) < 4.78 is 2.47. The van der Waals surface area contributed by atoms with E-state index in [9.17, 15) is 0 Å². The van der Waals surface area contributed by atoms with Gasteiger partial charge in [0.2, 0.25) is 0 Å². The van der Waals surface area contributed by atoms with E-state index in [0.29, 0.717) is 0 Å². The monoisotopic (exact) mass is 429 g/mol. The Hall–Kier alpha value is -4.25. The van der Waals surface area contributed by atoms with Crippen LogP contribution >= 0.6 is 0 Å². The number of benzene rings is 4. The standard InChI is InChI=1S/C28H23N5/c29-28(31-32-30)20-13-14-27-24(16-20)23-11-5-6-12-26(23)33(27)17-25-21-9-3-1-7-18(21)15-19-8-2-4-10-22(19)25/h1-5,7-11,13-16H,6,12,17H2,(H3,29,30,31). The molecule has 1 aliphatic carbocycles. The number of hydrogen-bond acceptors (Lipinski definition) is 2. The lowest BCUT2D eigenvalue weighted by molar-refractivity contribution is 0.761. The van der Waals surface area contributed by atoms with Crippen LogP contribution in [0.4, 0.5) is 0 Å². The molecule has 0 saturated carbocycles. The molecular formula is C28H23N5. The number of allylic oxidation sites excluding steroid dienone is 1. The largest absolute Gasteiger partial charge is 0.382 e. The summed E-state index contributed by atoms with van der Waals surface area (Å²) in [6, 6.07) is 25.8. The number of hydrogen-bond donors (Lipinski definition) is 2. The first-order chi connectivity index (χ1) is 16.2. The summed E-state index contributed by atoms with van der Waals surface area (Å²) in [6.45, 7) is 0.798. The van der Waals surface area contributed by atoms with E-state index in [1.807, 2.05) is 6.07 Å². The normalized spacial score (nSPS) is 13.6. The second-order valence-corrected chi connectivity index (χ2v) is 8.50. The fraction of sp³-hybridized carbons (Fsp3) is 0.107. The van der Waals surface area contributed by atoms with Crippen LogP contribution in [-0.4, -0.2) is 10.4 Å². The van der Waals surface area contributed by atoms with E-state index < -0.39 is 0 Å². The number of nitrogens with one attached hydrogen (secondary N) is 1. The van der Waals surface area contributed by atoms with E-state index in [1.54, 1.807) is 0 Å². The molecule has 1 aromatic heterocycles. The molecule has 5 heteroatoms. The van der Waals surface area contributed by atoms with Gasteiger partial charge in [-0.25, -0.2) is 0 Å². The Labute approximate surface area is 191 Å². The zero-order valence-corrected chi connectivity index (χ0v) is 18.1. The van der Waals surface area contributed by atoms with E-state index in [1.165, 1.54) is 43.9 Å². The van der Waals surface area contributed by atoms with Gasteiger partial charge in [-0.3, -0.25) is 0 Å². The van der Waals surface area contributed by atoms with Gasteiger partial charge in [0.1, 0.15) is 0 Å². The Balaban J connectivity index is 1.62. The van der Waals surface area contributed by atoms with Crippen molar-refractivity contribution in [2.24, 2.45) is 16.1 Å². The minimum atomic E-state index is 0.258. The Bertz CT molecular complexity index is 1570. The van der Waals surface area contributed by atoms with Gasteiger partial charge in [0, 0.05) is 34.3 Å². The molecule has 0 aliphatic heterocycles. The van der Waals surface area contributed by atoms with Crippen molar-refractivity contribution < 1.29 is 0 Å². The third-order valence-electron chi connectivity index (χ3n) is 6.70. The van der Waals surface area contributed by atoms with E-state index >= 15 is 0 Å². The van der Waals surface area contributed by atoms with Crippen LogP contribution in [0.5, 0.6) is 0 Å². The molecule has 4 aromatic carbocycles. The summed E-state index contributed by atoms with van der Waals surface area (Å²) in [7, 11) is 0. The lowest BCUT2D eigenvalue weighted by atomic mass is 9.96. The molecule has 33 heavy (non-hydrogen) atoms. The van der Waals surface area contributed by atoms with Crippen LogP contribution in [0, 0.1) is 5.53 Å². The SMILES string of the molecule is N=NN=C(N)c1ccc2c(c1)c1c(n2Cc2c3ccccc3cc3ccccc23)CCC=C1. The molecule has 0 fully saturated rings. The van der Waals surface area contributed by atoms with Gasteiger partial charge in [-0.2, -0.15) is 5.53 Å². The lowest BCUT2D eigenvalue weighted by Gasteiger charge is -2.17. The number of nitrogens with zero attached hydrogens (tertiary/aromatic N) is 3. The van der Waals surface area contributed by atoms with Crippen molar-refractivity contribution in [1.29, 1.82) is 5.53 Å². The second kappa shape index (κ2) is 7.71. The fourth-order valence-corrected chi connectivity index (χ4v) is 5.20. The van der Waals surface area contributed by atoms with E-state index in [2.05, 4.69) is 93.8 Å². The maximum Gasteiger partial charge on any atom is 0.155 e. The van der Waals surface area contributed by atoms with Crippen molar-refractivity contribution in [3.63, 3.8) is 0 Å². The van der Waals surface area contributed by atoms with Crippen molar-refractivity contribution in [1.82, 2.24) is 4.57 Å². The smallest absolute Gasteiger partial charge is 0.155 e. The van der Waals surface area contributed by atoms with Crippen molar-refractivity contribution >= 4 is 44.4 Å². The van der Waals surface area contributed by atoms with Crippen LogP contribution in [0.2, 0.25) is 0 Å². The molecule has 0 saturated heterocycles. The summed E-state index contributed by atoms with van der Waals surface area (Å²) in [4.78, 5) is 0. The lowest BCUT2D eigenvalue weighted by Crippen LogP contribution is -2.12. The highest BCUT2D eigenvalue weighted by atomic mass is 15.3. The van der Waals surface area contributed by atoms with Gasteiger partial charge in [-0.05, 0) is 64.2 Å². The molecule has 0 radical (unpaired) electrons. The predicted molar refractivity (Wildman–Crippen MR) is 136 cm³/mol. The van der Waals surface area contributed by atoms with Gasteiger partial charge in [0.25, 0.3) is 0 Å². The molecule has 1 aliphatic rings. The van der Waals surface area contributed by atoms with Crippen molar-refractivity contribution in [2.75, 3.05) is 0 Å². The summed E-state index contributed by atoms with van der Waals surface area (Å²) >= 11 is 0. The van der Waals surface area contributed by atoms with Gasteiger partial charge in [-0.1, -0.05) is 65.9 Å². The third-order valence-corrected chi connectivity index (χ3v) is 6.70. The average Bonchev–Trinajstić information content (AvgIpc) is 3.17. The highest BCUT2D eigenvalue weighted by Crippen LogP contribution is 2.35. The Kier molecular flexibility index (Phi) is 4.54. The van der Waals surface area contributed by atoms with Gasteiger partial charge in [0.15, 0.2) is 5.84 Å². The van der Waals surface area contributed by atoms with Crippen LogP contribution in [0.3, 0.4) is 0 Å². The summed E-state index contributed by atoms with van der Waals surface area (Å²) in [5, 5.41) is 13.1. The first-order valence-corrected chi connectivity index (χ1v) is 11.2. The van der Waals surface area contributed by atoms with Crippen LogP contribution in [-0.2, 0) is 13.0 Å². The Morgan fingerprint density at radius 1 is 0.909 bits per heavy atom. The molecule has 0 amide bonds. The molecule has 5 aromatic rings. The summed E-state index contributed by atoms with van der Waals surface area (Å²) in [5.41, 5.74) is 18.9. The Morgan fingerprint density at radius 2 is 1.64 bits per heavy atom. The van der Waals surface area contributed by atoms with Gasteiger partial charge >= 0.3 is 0 Å². The van der Waals surface area contributed by atoms with E-state index in [0.717, 1.165) is 30.3 Å². The van der Waals surface area contributed by atoms with E-state index in [4.69, 9.17) is 11.3 Å². The van der Waals surface area contributed by atoms with Gasteiger partial charge in [-0.15, -0.1) is 5.10 Å². The minimum absolute atomic E-state index is 0.258. The molecule has 0 atom stereocenters. The fourth-order valence-electron chi connectivity index (χ4n) is 5.20. The quantitative estimate of drug-likeness (QED) is 0.109. The minimum Gasteiger partial charge on any atom is -0.382 e. The molecular weight excluding hydrogens is 406 g/mol. The van der Waals surface area contributed by atoms with Crippen LogP contribution in [0.1, 0.15) is 28.8 Å². The summed E-state index contributed by atoms with van der Waals surface area (Å²) in [6.07, 6.45) is 6.51. The molecule has 160 valence electrons. The molecule has 5 nitrogen and oxygen atoms in total. The van der Waals surface area contributed by atoms with Gasteiger partial charge < -0.3 is 10.3 Å². The number of fused-ring (bicyclic) bond motifs is 5.